The van der Waals surface area contributed by atoms with E-state index in [0.717, 1.165) is 5.56 Å². The first-order valence-corrected chi connectivity index (χ1v) is 17.7. The van der Waals surface area contributed by atoms with E-state index >= 15 is 0 Å². The van der Waals surface area contributed by atoms with E-state index in [0.29, 0.717) is 6.42 Å². The van der Waals surface area contributed by atoms with Crippen LogP contribution in [0.5, 0.6) is 0 Å². The highest BCUT2D eigenvalue weighted by molar-refractivity contribution is 5.99. The highest BCUT2D eigenvalue weighted by Crippen LogP contribution is 2.13. The van der Waals surface area contributed by atoms with Gasteiger partial charge in [0.05, 0.1) is 12.8 Å². The number of nitrogens with one attached hydrogen (secondary N) is 6. The Hall–Kier alpha value is -5.55. The molecule has 0 bridgehead atoms. The van der Waals surface area contributed by atoms with Crippen molar-refractivity contribution in [3.63, 3.8) is 0 Å². The van der Waals surface area contributed by atoms with Gasteiger partial charge in [0.1, 0.15) is 36.3 Å². The minimum Gasteiger partial charge on any atom is -0.481 e. The monoisotopic (exact) mass is 761 g/mol. The number of rotatable bonds is 23. The van der Waals surface area contributed by atoms with Crippen LogP contribution in [0.4, 0.5) is 0 Å². The second kappa shape index (κ2) is 22.5. The number of nitrogens with two attached hydrogens (primary N) is 1. The first kappa shape index (κ1) is 46.5. The lowest BCUT2D eigenvalue weighted by atomic mass is 9.95. The van der Waals surface area contributed by atoms with Crippen LogP contribution >= 0.6 is 0 Å². The van der Waals surface area contributed by atoms with E-state index < -0.39 is 114 Å². The molecule has 0 saturated heterocycles. The average Bonchev–Trinajstić information content (AvgIpc) is 3.07. The van der Waals surface area contributed by atoms with Gasteiger partial charge < -0.3 is 47.8 Å². The summed E-state index contributed by atoms with van der Waals surface area (Å²) in [6, 6.07) is 0.408. The molecule has 7 unspecified atom stereocenters. The molecule has 0 heterocycles. The second-order valence-electron chi connectivity index (χ2n) is 14.0. The van der Waals surface area contributed by atoms with Gasteiger partial charge in [-0.25, -0.2) is 4.79 Å². The Kier molecular flexibility index (Phi) is 19.4. The van der Waals surface area contributed by atoms with Crippen molar-refractivity contribution >= 4 is 53.3 Å². The summed E-state index contributed by atoms with van der Waals surface area (Å²) in [6.45, 7) is 11.3. The summed E-state index contributed by atoms with van der Waals surface area (Å²) < 4.78 is 0. The predicted octanol–water partition coefficient (Wildman–Crippen LogP) is -0.659. The van der Waals surface area contributed by atoms with Crippen LogP contribution in [0.2, 0.25) is 0 Å². The van der Waals surface area contributed by atoms with Gasteiger partial charge in [-0.2, -0.15) is 0 Å². The van der Waals surface area contributed by atoms with Crippen molar-refractivity contribution in [1.82, 2.24) is 31.9 Å². The summed E-state index contributed by atoms with van der Waals surface area (Å²) in [5, 5.41) is 33.5. The molecule has 0 fully saturated rings. The first-order chi connectivity index (χ1) is 25.2. The standard InChI is InChI=1S/C36H55N7O11/c1-8-20(6)30(43-34(51)29(19(4)5)42-33(50)23(38-21(7)44)15-22-12-10-9-11-13-22)35(52)40-24(16-27(37)45)31(48)39-25(17-28(46)47)32(49)41-26(36(53)54)14-18(2)3/h9-13,18-20,23-26,29-30H,8,14-17H2,1-7H3,(H2,37,45)(H,38,44)(H,39,48)(H,40,52)(H,41,49)(H,42,50)(H,43,51)(H,46,47)(H,53,54). The number of hydrogen-bond donors (Lipinski definition) is 9. The van der Waals surface area contributed by atoms with Gasteiger partial charge in [0.25, 0.3) is 0 Å². The molecule has 18 heteroatoms. The van der Waals surface area contributed by atoms with E-state index in [1.165, 1.54) is 6.92 Å². The summed E-state index contributed by atoms with van der Waals surface area (Å²) >= 11 is 0. The maximum atomic E-state index is 13.7. The minimum atomic E-state index is -1.81. The third-order valence-corrected chi connectivity index (χ3v) is 8.39. The summed E-state index contributed by atoms with van der Waals surface area (Å²) in [4.78, 5) is 114. The van der Waals surface area contributed by atoms with Crippen molar-refractivity contribution in [2.75, 3.05) is 0 Å². The fourth-order valence-electron chi connectivity index (χ4n) is 5.33. The zero-order valence-corrected chi connectivity index (χ0v) is 31.8. The molecule has 0 aliphatic rings. The maximum Gasteiger partial charge on any atom is 0.326 e. The molecule has 0 radical (unpaired) electrons. The number of amides is 7. The first-order valence-electron chi connectivity index (χ1n) is 17.7. The highest BCUT2D eigenvalue weighted by atomic mass is 16.4. The van der Waals surface area contributed by atoms with Crippen molar-refractivity contribution in [1.29, 1.82) is 0 Å². The molecule has 18 nitrogen and oxygen atoms in total. The Morgan fingerprint density at radius 1 is 0.630 bits per heavy atom. The fourth-order valence-corrected chi connectivity index (χ4v) is 5.33. The van der Waals surface area contributed by atoms with Crippen molar-refractivity contribution in [3.8, 4) is 0 Å². The van der Waals surface area contributed by atoms with Gasteiger partial charge in [-0.3, -0.25) is 38.4 Å². The number of carbonyl (C=O) groups is 9. The lowest BCUT2D eigenvalue weighted by Gasteiger charge is -2.30. The minimum absolute atomic E-state index is 0.00279. The third-order valence-electron chi connectivity index (χ3n) is 8.39. The molecule has 54 heavy (non-hydrogen) atoms. The van der Waals surface area contributed by atoms with Crippen LogP contribution < -0.4 is 37.6 Å². The molecule has 10 N–H and O–H groups in total. The fraction of sp³-hybridized carbons (Fsp3) is 0.583. The topological polar surface area (TPSA) is 292 Å². The van der Waals surface area contributed by atoms with E-state index in [4.69, 9.17) is 5.73 Å². The van der Waals surface area contributed by atoms with Gasteiger partial charge in [0.2, 0.25) is 41.4 Å². The van der Waals surface area contributed by atoms with Crippen LogP contribution in [0.1, 0.15) is 79.7 Å². The van der Waals surface area contributed by atoms with E-state index in [2.05, 4.69) is 31.9 Å². The van der Waals surface area contributed by atoms with Gasteiger partial charge in [-0.05, 0) is 29.7 Å². The Morgan fingerprint density at radius 2 is 1.11 bits per heavy atom. The number of benzene rings is 1. The molecule has 0 spiro atoms. The quantitative estimate of drug-likeness (QED) is 0.0675. The number of aliphatic carboxylic acids is 2. The average molecular weight is 762 g/mol. The summed E-state index contributed by atoms with van der Waals surface area (Å²) in [5.74, 6) is -10.3. The molecule has 0 aromatic heterocycles. The van der Waals surface area contributed by atoms with Gasteiger partial charge in [0.15, 0.2) is 0 Å². The molecule has 0 aliphatic heterocycles. The molecule has 0 saturated carbocycles. The maximum absolute atomic E-state index is 13.7. The normalized spacial score (nSPS) is 14.9. The Morgan fingerprint density at radius 3 is 1.57 bits per heavy atom. The van der Waals surface area contributed by atoms with Crippen molar-refractivity contribution in [3.05, 3.63) is 35.9 Å². The van der Waals surface area contributed by atoms with E-state index in [9.17, 15) is 53.4 Å². The number of hydrogen-bond acceptors (Lipinski definition) is 9. The Balaban J connectivity index is 3.29. The predicted molar refractivity (Wildman–Crippen MR) is 195 cm³/mol. The smallest absolute Gasteiger partial charge is 0.326 e. The third kappa shape index (κ3) is 16.4. The van der Waals surface area contributed by atoms with Crippen LogP contribution in [0.15, 0.2) is 30.3 Å². The lowest BCUT2D eigenvalue weighted by molar-refractivity contribution is -0.144. The SMILES string of the molecule is CCC(C)C(NC(=O)C(NC(=O)C(Cc1ccccc1)NC(C)=O)C(C)C)C(=O)NC(CC(N)=O)C(=O)NC(CC(=O)O)C(=O)NC(CC(C)C)C(=O)O. The number of carboxylic acids is 2. The second-order valence-corrected chi connectivity index (χ2v) is 14.0. The largest absolute Gasteiger partial charge is 0.481 e. The number of carboxylic acid groups (broad SMARTS) is 2. The molecule has 1 aromatic rings. The van der Waals surface area contributed by atoms with Crippen LogP contribution in [-0.4, -0.2) is 99.8 Å². The zero-order chi connectivity index (χ0) is 41.3. The van der Waals surface area contributed by atoms with Gasteiger partial charge in [-0.1, -0.05) is 78.3 Å². The summed E-state index contributed by atoms with van der Waals surface area (Å²) in [7, 11) is 0. The summed E-state index contributed by atoms with van der Waals surface area (Å²) in [5.41, 5.74) is 6.10. The van der Waals surface area contributed by atoms with Crippen LogP contribution in [-0.2, 0) is 49.6 Å². The van der Waals surface area contributed by atoms with Crippen molar-refractivity contribution in [2.24, 2.45) is 23.5 Å². The molecule has 300 valence electrons. The van der Waals surface area contributed by atoms with E-state index in [1.807, 2.05) is 0 Å². The molecule has 0 aliphatic carbocycles. The van der Waals surface area contributed by atoms with Crippen LogP contribution in [0.25, 0.3) is 0 Å². The molecular formula is C36H55N7O11. The summed E-state index contributed by atoms with van der Waals surface area (Å²) in [6.07, 6.45) is -1.28. The Labute approximate surface area is 314 Å². The van der Waals surface area contributed by atoms with Gasteiger partial charge in [-0.15, -0.1) is 0 Å². The Bertz CT molecular complexity index is 1500. The number of primary amides is 1. The lowest BCUT2D eigenvalue weighted by Crippen LogP contribution is -2.61. The van der Waals surface area contributed by atoms with Gasteiger partial charge >= 0.3 is 11.9 Å². The molecule has 1 rings (SSSR count). The molecular weight excluding hydrogens is 706 g/mol. The van der Waals surface area contributed by atoms with Gasteiger partial charge in [0, 0.05) is 13.3 Å². The highest BCUT2D eigenvalue weighted by Gasteiger charge is 2.36. The molecule has 7 atom stereocenters. The van der Waals surface area contributed by atoms with Crippen LogP contribution in [0, 0.1) is 17.8 Å². The molecule has 7 amide bonds. The van der Waals surface area contributed by atoms with Crippen molar-refractivity contribution < 1.29 is 53.4 Å². The number of carbonyl (C=O) groups excluding carboxylic acids is 7. The van der Waals surface area contributed by atoms with E-state index in [-0.39, 0.29) is 18.8 Å². The van der Waals surface area contributed by atoms with Crippen molar-refractivity contribution in [2.45, 2.75) is 117 Å². The molecule has 1 aromatic carbocycles. The van der Waals surface area contributed by atoms with E-state index in [1.54, 1.807) is 71.9 Å². The van der Waals surface area contributed by atoms with Crippen LogP contribution in [0.3, 0.4) is 0 Å². The zero-order valence-electron chi connectivity index (χ0n) is 31.8.